The van der Waals surface area contributed by atoms with E-state index in [1.54, 1.807) is 12.1 Å². The van der Waals surface area contributed by atoms with Crippen LogP contribution >= 0.6 is 11.3 Å². The van der Waals surface area contributed by atoms with Crippen LogP contribution in [-0.4, -0.2) is 26.2 Å². The minimum atomic E-state index is -1.05. The average molecular weight is 391 g/mol. The fraction of sp³-hybridized carbons (Fsp3) is 0.158. The highest BCUT2D eigenvalue weighted by molar-refractivity contribution is 7.10. The molecule has 2 aromatic rings. The van der Waals surface area contributed by atoms with Gasteiger partial charge in [-0.25, -0.2) is 18.4 Å². The van der Waals surface area contributed by atoms with Gasteiger partial charge in [-0.05, 0) is 23.6 Å². The number of hydrogen-bond donors (Lipinski definition) is 0. The minimum absolute atomic E-state index is 0.174. The largest absolute Gasteiger partial charge is 0.466 e. The Morgan fingerprint density at radius 3 is 2.11 bits per heavy atom. The van der Waals surface area contributed by atoms with Gasteiger partial charge in [0, 0.05) is 29.0 Å². The predicted molar refractivity (Wildman–Crippen MR) is 96.1 cm³/mol. The molecule has 0 bridgehead atoms. The lowest BCUT2D eigenvalue weighted by Crippen LogP contribution is -2.28. The van der Waals surface area contributed by atoms with E-state index in [9.17, 15) is 18.4 Å². The molecule has 0 amide bonds. The summed E-state index contributed by atoms with van der Waals surface area (Å²) in [5.41, 5.74) is 0.585. The maximum atomic E-state index is 13.7. The monoisotopic (exact) mass is 391 g/mol. The van der Waals surface area contributed by atoms with Gasteiger partial charge >= 0.3 is 11.9 Å². The number of halogens is 2. The molecule has 0 N–H and O–H groups in total. The van der Waals surface area contributed by atoms with Crippen LogP contribution in [0.25, 0.3) is 0 Å². The fourth-order valence-electron chi connectivity index (χ4n) is 2.79. The first-order valence-corrected chi connectivity index (χ1v) is 8.71. The number of ether oxygens (including phenoxy) is 2. The van der Waals surface area contributed by atoms with Gasteiger partial charge in [-0.3, -0.25) is 0 Å². The molecule has 0 spiro atoms. The number of rotatable bonds is 4. The second-order valence-electron chi connectivity index (χ2n) is 5.61. The van der Waals surface area contributed by atoms with Crippen LogP contribution in [0.3, 0.4) is 0 Å². The minimum Gasteiger partial charge on any atom is -0.466 e. The zero-order valence-electron chi connectivity index (χ0n) is 14.4. The molecule has 1 aromatic heterocycles. The van der Waals surface area contributed by atoms with E-state index in [4.69, 9.17) is 9.47 Å². The summed E-state index contributed by atoms with van der Waals surface area (Å²) in [6, 6.07) is 6.85. The number of carbonyl (C=O) groups is 2. The molecule has 0 saturated heterocycles. The molecule has 5 nitrogen and oxygen atoms in total. The predicted octanol–water partition coefficient (Wildman–Crippen LogP) is 3.74. The van der Waals surface area contributed by atoms with E-state index in [2.05, 4.69) is 0 Å². The van der Waals surface area contributed by atoms with Crippen molar-refractivity contribution >= 4 is 29.0 Å². The van der Waals surface area contributed by atoms with Gasteiger partial charge in [0.1, 0.15) is 0 Å². The number of thiophene rings is 1. The van der Waals surface area contributed by atoms with Gasteiger partial charge in [0.05, 0.1) is 31.3 Å². The summed E-state index contributed by atoms with van der Waals surface area (Å²) in [6.07, 6.45) is 2.88. The smallest absolute Gasteiger partial charge is 0.336 e. The molecule has 3 rings (SSSR count). The van der Waals surface area contributed by atoms with Crippen LogP contribution in [-0.2, 0) is 19.1 Å². The molecule has 8 heteroatoms. The number of carbonyl (C=O) groups excluding carboxylic acids is 2. The van der Waals surface area contributed by atoms with Gasteiger partial charge in [0.2, 0.25) is 0 Å². The Balaban J connectivity index is 2.16. The fourth-order valence-corrected chi connectivity index (χ4v) is 3.65. The van der Waals surface area contributed by atoms with Gasteiger partial charge in [-0.1, -0.05) is 6.07 Å². The van der Waals surface area contributed by atoms with Crippen molar-refractivity contribution in [2.24, 2.45) is 0 Å². The summed E-state index contributed by atoms with van der Waals surface area (Å²) in [7, 11) is 2.46. The molecule has 2 heterocycles. The van der Waals surface area contributed by atoms with E-state index < -0.39 is 29.5 Å². The first-order valence-electron chi connectivity index (χ1n) is 7.83. The molecule has 1 aliphatic rings. The molecule has 0 unspecified atom stereocenters. The number of esters is 2. The highest BCUT2D eigenvalue weighted by atomic mass is 32.1. The molecule has 0 radical (unpaired) electrons. The number of nitrogens with zero attached hydrogens (tertiary/aromatic N) is 1. The first-order chi connectivity index (χ1) is 13.0. The van der Waals surface area contributed by atoms with Crippen LogP contribution in [0.15, 0.2) is 59.3 Å². The van der Waals surface area contributed by atoms with Crippen molar-refractivity contribution in [2.75, 3.05) is 19.1 Å². The van der Waals surface area contributed by atoms with Crippen molar-refractivity contribution in [1.82, 2.24) is 0 Å². The van der Waals surface area contributed by atoms with Gasteiger partial charge in [0.25, 0.3) is 0 Å². The van der Waals surface area contributed by atoms with E-state index in [1.807, 2.05) is 5.38 Å². The molecule has 1 aromatic carbocycles. The zero-order chi connectivity index (χ0) is 19.6. The Kier molecular flexibility index (Phi) is 5.36. The number of benzene rings is 1. The maximum Gasteiger partial charge on any atom is 0.336 e. The number of methoxy groups -OCH3 is 2. The van der Waals surface area contributed by atoms with E-state index in [-0.39, 0.29) is 16.8 Å². The summed E-state index contributed by atoms with van der Waals surface area (Å²) >= 11 is 1.37. The van der Waals surface area contributed by atoms with Gasteiger partial charge in [-0.2, -0.15) is 0 Å². The standard InChI is InChI=1S/C19H15F2NO4S/c1-25-18(23)12-9-22(11-5-6-14(20)15(21)8-11)10-13(19(24)26-2)17(12)16-4-3-7-27-16/h3-10,17H,1-2H3. The summed E-state index contributed by atoms with van der Waals surface area (Å²) in [5.74, 6) is -4.02. The third-order valence-electron chi connectivity index (χ3n) is 4.05. The highest BCUT2D eigenvalue weighted by Crippen LogP contribution is 2.40. The lowest BCUT2D eigenvalue weighted by atomic mass is 9.88. The molecular weight excluding hydrogens is 376 g/mol. The molecule has 0 fully saturated rings. The zero-order valence-corrected chi connectivity index (χ0v) is 15.3. The lowest BCUT2D eigenvalue weighted by Gasteiger charge is -2.29. The van der Waals surface area contributed by atoms with Crippen molar-refractivity contribution in [1.29, 1.82) is 0 Å². The summed E-state index contributed by atoms with van der Waals surface area (Å²) < 4.78 is 36.6. The number of hydrogen-bond acceptors (Lipinski definition) is 6. The number of anilines is 1. The second-order valence-corrected chi connectivity index (χ2v) is 6.59. The Hall–Kier alpha value is -3.00. The Labute approximate surface area is 158 Å². The third-order valence-corrected chi connectivity index (χ3v) is 4.99. The Bertz CT molecular complexity index is 903. The van der Waals surface area contributed by atoms with Crippen LogP contribution in [0.5, 0.6) is 0 Å². The van der Waals surface area contributed by atoms with Crippen molar-refractivity contribution < 1.29 is 27.8 Å². The lowest BCUT2D eigenvalue weighted by molar-refractivity contribution is -0.137. The molecule has 27 heavy (non-hydrogen) atoms. The molecular formula is C19H15F2NO4S. The summed E-state index contributed by atoms with van der Waals surface area (Å²) in [6.45, 7) is 0. The van der Waals surface area contributed by atoms with Crippen molar-refractivity contribution in [3.05, 3.63) is 75.8 Å². The van der Waals surface area contributed by atoms with E-state index in [1.165, 1.54) is 48.9 Å². The molecule has 140 valence electrons. The Morgan fingerprint density at radius 2 is 1.63 bits per heavy atom. The normalized spacial score (nSPS) is 14.4. The summed E-state index contributed by atoms with van der Waals surface area (Å²) in [5, 5.41) is 1.82. The maximum absolute atomic E-state index is 13.7. The average Bonchev–Trinajstić information content (AvgIpc) is 3.22. The van der Waals surface area contributed by atoms with Gasteiger partial charge in [0.15, 0.2) is 11.6 Å². The van der Waals surface area contributed by atoms with Crippen LogP contribution in [0.2, 0.25) is 0 Å². The molecule has 0 aliphatic carbocycles. The first kappa shape index (κ1) is 18.8. The van der Waals surface area contributed by atoms with Crippen molar-refractivity contribution in [3.63, 3.8) is 0 Å². The third kappa shape index (κ3) is 3.61. The quantitative estimate of drug-likeness (QED) is 0.743. The second kappa shape index (κ2) is 7.71. The Morgan fingerprint density at radius 1 is 1.00 bits per heavy atom. The van der Waals surface area contributed by atoms with E-state index >= 15 is 0 Å². The molecule has 1 aliphatic heterocycles. The molecule has 0 saturated carbocycles. The molecule has 0 atom stereocenters. The van der Waals surface area contributed by atoms with Gasteiger partial charge < -0.3 is 14.4 Å². The van der Waals surface area contributed by atoms with Crippen LogP contribution < -0.4 is 4.90 Å². The van der Waals surface area contributed by atoms with E-state index in [0.717, 1.165) is 17.0 Å². The van der Waals surface area contributed by atoms with Crippen LogP contribution in [0.1, 0.15) is 10.8 Å². The summed E-state index contributed by atoms with van der Waals surface area (Å²) in [4.78, 5) is 26.9. The topological polar surface area (TPSA) is 55.8 Å². The van der Waals surface area contributed by atoms with Crippen molar-refractivity contribution in [2.45, 2.75) is 5.92 Å². The van der Waals surface area contributed by atoms with Crippen LogP contribution in [0, 0.1) is 11.6 Å². The SMILES string of the molecule is COC(=O)C1=CN(c2ccc(F)c(F)c2)C=C(C(=O)OC)C1c1cccs1. The van der Waals surface area contributed by atoms with Crippen molar-refractivity contribution in [3.8, 4) is 0 Å². The van der Waals surface area contributed by atoms with Gasteiger partial charge in [-0.15, -0.1) is 11.3 Å². The van der Waals surface area contributed by atoms with Crippen LogP contribution in [0.4, 0.5) is 14.5 Å². The highest BCUT2D eigenvalue weighted by Gasteiger charge is 2.36. The van der Waals surface area contributed by atoms with E-state index in [0.29, 0.717) is 0 Å².